The number of nitrogens with zero attached hydrogens (tertiary/aromatic N) is 3. The summed E-state index contributed by atoms with van der Waals surface area (Å²) in [5.41, 5.74) is 8.76. The summed E-state index contributed by atoms with van der Waals surface area (Å²) >= 11 is 0. The Labute approximate surface area is 141 Å². The zero-order valence-electron chi connectivity index (χ0n) is 13.7. The minimum absolute atomic E-state index is 0.0772. The number of pyridine rings is 1. The quantitative estimate of drug-likeness (QED) is 0.664. The van der Waals surface area contributed by atoms with Crippen molar-refractivity contribution >= 4 is 23.1 Å². The van der Waals surface area contributed by atoms with Crippen molar-refractivity contribution in [3.8, 4) is 0 Å². The molecule has 1 atom stereocenters. The molecule has 0 bridgehead atoms. The molecule has 0 aliphatic rings. The third kappa shape index (κ3) is 3.60. The van der Waals surface area contributed by atoms with Crippen LogP contribution in [0.2, 0.25) is 0 Å². The molecule has 24 heavy (non-hydrogen) atoms. The summed E-state index contributed by atoms with van der Waals surface area (Å²) in [6.07, 6.45) is 1.48. The largest absolute Gasteiger partial charge is 0.393 e. The van der Waals surface area contributed by atoms with Gasteiger partial charge in [0.2, 0.25) is 0 Å². The molecule has 1 unspecified atom stereocenters. The van der Waals surface area contributed by atoms with Gasteiger partial charge in [-0.3, -0.25) is 0 Å². The molecule has 122 valence electrons. The van der Waals surface area contributed by atoms with Crippen LogP contribution in [-0.4, -0.2) is 15.0 Å². The average molecular weight is 320 g/mol. The van der Waals surface area contributed by atoms with Crippen molar-refractivity contribution in [3.63, 3.8) is 0 Å². The van der Waals surface area contributed by atoms with Crippen LogP contribution >= 0.6 is 0 Å². The van der Waals surface area contributed by atoms with Crippen LogP contribution < -0.4 is 16.4 Å². The van der Waals surface area contributed by atoms with Crippen LogP contribution in [0.1, 0.15) is 24.2 Å². The van der Waals surface area contributed by atoms with E-state index in [0.717, 1.165) is 11.3 Å². The summed E-state index contributed by atoms with van der Waals surface area (Å²) in [5.74, 6) is 1.82. The van der Waals surface area contributed by atoms with Gasteiger partial charge in [0.15, 0.2) is 11.6 Å². The second-order valence-corrected chi connectivity index (χ2v) is 5.55. The highest BCUT2D eigenvalue weighted by Crippen LogP contribution is 2.28. The van der Waals surface area contributed by atoms with Crippen LogP contribution in [-0.2, 0) is 0 Å². The normalized spacial score (nSPS) is 11.8. The second-order valence-electron chi connectivity index (χ2n) is 5.55. The first-order chi connectivity index (χ1) is 11.6. The van der Waals surface area contributed by atoms with E-state index in [-0.39, 0.29) is 6.04 Å². The summed E-state index contributed by atoms with van der Waals surface area (Å²) in [7, 11) is 0. The van der Waals surface area contributed by atoms with Gasteiger partial charge in [0.05, 0.1) is 6.04 Å². The first-order valence-corrected chi connectivity index (χ1v) is 7.76. The summed E-state index contributed by atoms with van der Waals surface area (Å²) in [6, 6.07) is 15.9. The predicted octanol–water partition coefficient (Wildman–Crippen LogP) is 3.68. The van der Waals surface area contributed by atoms with Gasteiger partial charge >= 0.3 is 0 Å². The van der Waals surface area contributed by atoms with Crippen molar-refractivity contribution in [1.82, 2.24) is 15.0 Å². The van der Waals surface area contributed by atoms with Gasteiger partial charge in [-0.15, -0.1) is 0 Å². The Morgan fingerprint density at radius 1 is 0.958 bits per heavy atom. The summed E-state index contributed by atoms with van der Waals surface area (Å²) < 4.78 is 0. The Bertz CT molecular complexity index is 819. The van der Waals surface area contributed by atoms with Crippen molar-refractivity contribution in [2.75, 3.05) is 16.4 Å². The molecule has 0 amide bonds. The Morgan fingerprint density at radius 3 is 2.46 bits per heavy atom. The SMILES string of the molecule is Cc1cccc(Nc2ncnc(NC(C)c3ccccc3)c2N)n1. The number of hydrogen-bond donors (Lipinski definition) is 3. The number of nitrogens with two attached hydrogens (primary N) is 1. The third-order valence-electron chi connectivity index (χ3n) is 3.67. The van der Waals surface area contributed by atoms with E-state index in [0.29, 0.717) is 23.1 Å². The third-order valence-corrected chi connectivity index (χ3v) is 3.67. The van der Waals surface area contributed by atoms with Gasteiger partial charge in [0.25, 0.3) is 0 Å². The fourth-order valence-electron chi connectivity index (χ4n) is 2.37. The molecular formula is C18H20N6. The van der Waals surface area contributed by atoms with Gasteiger partial charge in [-0.2, -0.15) is 0 Å². The monoisotopic (exact) mass is 320 g/mol. The van der Waals surface area contributed by atoms with Gasteiger partial charge in [-0.25, -0.2) is 15.0 Å². The molecule has 0 saturated heterocycles. The Balaban J connectivity index is 1.80. The number of nitrogens with one attached hydrogen (secondary N) is 2. The van der Waals surface area contributed by atoms with Crippen LogP contribution in [0.3, 0.4) is 0 Å². The molecule has 2 aromatic heterocycles. The van der Waals surface area contributed by atoms with E-state index < -0.39 is 0 Å². The maximum absolute atomic E-state index is 6.22. The number of anilines is 4. The van der Waals surface area contributed by atoms with Crippen molar-refractivity contribution in [2.45, 2.75) is 19.9 Å². The average Bonchev–Trinajstić information content (AvgIpc) is 2.59. The zero-order valence-corrected chi connectivity index (χ0v) is 13.7. The standard InChI is InChI=1S/C18H20N6/c1-12-7-6-10-15(22-12)24-18-16(19)17(20-11-21-18)23-13(2)14-8-4-3-5-9-14/h3-11,13H,19H2,1-2H3,(H2,20,21,22,23,24). The molecule has 0 aliphatic carbocycles. The molecule has 6 heteroatoms. The Hall–Kier alpha value is -3.15. The van der Waals surface area contributed by atoms with Crippen molar-refractivity contribution < 1.29 is 0 Å². The van der Waals surface area contributed by atoms with Gasteiger partial charge in [-0.05, 0) is 31.5 Å². The van der Waals surface area contributed by atoms with Crippen LogP contribution in [0.25, 0.3) is 0 Å². The van der Waals surface area contributed by atoms with Crippen molar-refractivity contribution in [1.29, 1.82) is 0 Å². The number of hydrogen-bond acceptors (Lipinski definition) is 6. The van der Waals surface area contributed by atoms with E-state index in [1.54, 1.807) is 0 Å². The fraction of sp³-hybridized carbons (Fsp3) is 0.167. The van der Waals surface area contributed by atoms with Gasteiger partial charge < -0.3 is 16.4 Å². The number of benzene rings is 1. The van der Waals surface area contributed by atoms with E-state index in [1.807, 2.05) is 43.3 Å². The Morgan fingerprint density at radius 2 is 1.71 bits per heavy atom. The van der Waals surface area contributed by atoms with E-state index in [1.165, 1.54) is 6.33 Å². The molecule has 1 aromatic carbocycles. The molecule has 3 rings (SSSR count). The molecule has 0 fully saturated rings. The minimum Gasteiger partial charge on any atom is -0.393 e. The molecule has 0 saturated carbocycles. The molecule has 0 spiro atoms. The number of aryl methyl sites for hydroxylation is 1. The molecule has 4 N–H and O–H groups in total. The van der Waals surface area contributed by atoms with E-state index in [9.17, 15) is 0 Å². The summed E-state index contributed by atoms with van der Waals surface area (Å²) in [6.45, 7) is 4.00. The highest BCUT2D eigenvalue weighted by Gasteiger charge is 2.12. The topological polar surface area (TPSA) is 88.8 Å². The number of rotatable bonds is 5. The lowest BCUT2D eigenvalue weighted by Gasteiger charge is -2.17. The smallest absolute Gasteiger partial charge is 0.160 e. The highest BCUT2D eigenvalue weighted by molar-refractivity contribution is 5.77. The van der Waals surface area contributed by atoms with E-state index in [4.69, 9.17) is 5.73 Å². The first-order valence-electron chi connectivity index (χ1n) is 7.76. The van der Waals surface area contributed by atoms with Crippen molar-refractivity contribution in [2.24, 2.45) is 0 Å². The molecule has 6 nitrogen and oxygen atoms in total. The maximum atomic E-state index is 6.22. The first kappa shape index (κ1) is 15.7. The molecule has 3 aromatic rings. The second kappa shape index (κ2) is 6.95. The lowest BCUT2D eigenvalue weighted by Crippen LogP contribution is -2.12. The predicted molar refractivity (Wildman–Crippen MR) is 97.2 cm³/mol. The van der Waals surface area contributed by atoms with Gasteiger partial charge in [-0.1, -0.05) is 36.4 Å². The molecule has 0 radical (unpaired) electrons. The van der Waals surface area contributed by atoms with Crippen LogP contribution in [0.5, 0.6) is 0 Å². The molecule has 0 aliphatic heterocycles. The van der Waals surface area contributed by atoms with Crippen molar-refractivity contribution in [3.05, 3.63) is 66.1 Å². The lowest BCUT2D eigenvalue weighted by atomic mass is 10.1. The van der Waals surface area contributed by atoms with Crippen LogP contribution in [0.15, 0.2) is 54.9 Å². The van der Waals surface area contributed by atoms with E-state index >= 15 is 0 Å². The lowest BCUT2D eigenvalue weighted by molar-refractivity contribution is 0.873. The van der Waals surface area contributed by atoms with Gasteiger partial charge in [0.1, 0.15) is 17.8 Å². The minimum atomic E-state index is 0.0772. The fourth-order valence-corrected chi connectivity index (χ4v) is 2.37. The number of nitrogen functional groups attached to an aromatic ring is 1. The van der Waals surface area contributed by atoms with E-state index in [2.05, 4.69) is 44.6 Å². The summed E-state index contributed by atoms with van der Waals surface area (Å²) in [5, 5.41) is 6.47. The zero-order chi connectivity index (χ0) is 16.9. The highest BCUT2D eigenvalue weighted by atomic mass is 15.1. The summed E-state index contributed by atoms with van der Waals surface area (Å²) in [4.78, 5) is 12.9. The number of aromatic nitrogens is 3. The van der Waals surface area contributed by atoms with Gasteiger partial charge in [0, 0.05) is 5.69 Å². The Kier molecular flexibility index (Phi) is 4.56. The van der Waals surface area contributed by atoms with Crippen LogP contribution in [0.4, 0.5) is 23.1 Å². The maximum Gasteiger partial charge on any atom is 0.160 e. The molecule has 2 heterocycles. The molecular weight excluding hydrogens is 300 g/mol. The van der Waals surface area contributed by atoms with Crippen LogP contribution in [0, 0.1) is 6.92 Å².